The molecule has 0 fully saturated rings. The van der Waals surface area contributed by atoms with Gasteiger partial charge in [0.15, 0.2) is 0 Å². The van der Waals surface area contributed by atoms with Crippen LogP contribution in [0.4, 0.5) is 0 Å². The van der Waals surface area contributed by atoms with Gasteiger partial charge >= 0.3 is 5.63 Å². The van der Waals surface area contributed by atoms with Crippen molar-refractivity contribution < 1.29 is 9.15 Å². The lowest BCUT2D eigenvalue weighted by molar-refractivity contribution is 0.265. The summed E-state index contributed by atoms with van der Waals surface area (Å²) in [7, 11) is 0. The molecule has 3 nitrogen and oxygen atoms in total. The second kappa shape index (κ2) is 3.76. The average molecular weight is 328 g/mol. The van der Waals surface area contributed by atoms with Crippen LogP contribution in [0.5, 0.6) is 5.75 Å². The largest absolute Gasteiger partial charge is 0.488 e. The molecule has 82 valence electrons. The second-order valence-electron chi connectivity index (χ2n) is 3.79. The number of ether oxygens (including phenoxy) is 1. The smallest absolute Gasteiger partial charge is 0.343 e. The zero-order valence-corrected chi connectivity index (χ0v) is 10.6. The van der Waals surface area contributed by atoms with Crippen molar-refractivity contribution in [2.75, 3.05) is 4.43 Å². The highest BCUT2D eigenvalue weighted by atomic mass is 127. The van der Waals surface area contributed by atoms with E-state index < -0.39 is 0 Å². The van der Waals surface area contributed by atoms with Crippen molar-refractivity contribution in [3.05, 3.63) is 40.2 Å². The minimum Gasteiger partial charge on any atom is -0.488 e. The summed E-state index contributed by atoms with van der Waals surface area (Å²) in [5, 5.41) is 0.893. The minimum absolute atomic E-state index is 0.101. The third-order valence-corrected chi connectivity index (χ3v) is 3.73. The first kappa shape index (κ1) is 10.1. The summed E-state index contributed by atoms with van der Waals surface area (Å²) in [5.74, 6) is 0.716. The molecule has 0 radical (unpaired) electrons. The van der Waals surface area contributed by atoms with E-state index in [1.807, 2.05) is 18.2 Å². The van der Waals surface area contributed by atoms with Crippen molar-refractivity contribution in [3.63, 3.8) is 0 Å². The van der Waals surface area contributed by atoms with Gasteiger partial charge in [-0.1, -0.05) is 34.7 Å². The number of halogens is 1. The van der Waals surface area contributed by atoms with Gasteiger partial charge in [-0.15, -0.1) is 0 Å². The van der Waals surface area contributed by atoms with Crippen LogP contribution in [-0.4, -0.2) is 10.5 Å². The summed E-state index contributed by atoms with van der Waals surface area (Å²) in [6.07, 6.45) is 0.759. The Hall–Kier alpha value is -1.04. The van der Waals surface area contributed by atoms with E-state index in [-0.39, 0.29) is 11.7 Å². The Balaban J connectivity index is 2.31. The Labute approximate surface area is 106 Å². The molecule has 2 aromatic rings. The van der Waals surface area contributed by atoms with E-state index in [4.69, 9.17) is 9.15 Å². The average Bonchev–Trinajstić information content (AvgIpc) is 2.74. The molecule has 0 saturated carbocycles. The number of rotatable bonds is 1. The Morgan fingerprint density at radius 1 is 1.38 bits per heavy atom. The summed E-state index contributed by atoms with van der Waals surface area (Å²) < 4.78 is 11.9. The molecule has 1 aliphatic heterocycles. The molecule has 3 rings (SSSR count). The van der Waals surface area contributed by atoms with Crippen molar-refractivity contribution in [2.45, 2.75) is 12.5 Å². The van der Waals surface area contributed by atoms with Gasteiger partial charge in [-0.05, 0) is 12.1 Å². The number of benzene rings is 1. The van der Waals surface area contributed by atoms with Crippen molar-refractivity contribution in [1.82, 2.24) is 0 Å². The summed E-state index contributed by atoms with van der Waals surface area (Å²) in [5.41, 5.74) is 1.02. The molecule has 0 amide bonds. The zero-order chi connectivity index (χ0) is 11.1. The van der Waals surface area contributed by atoms with Crippen molar-refractivity contribution >= 4 is 33.6 Å². The molecule has 0 bridgehead atoms. The summed E-state index contributed by atoms with van der Waals surface area (Å²) in [4.78, 5) is 11.7. The maximum atomic E-state index is 11.7. The lowest BCUT2D eigenvalue weighted by atomic mass is 10.1. The lowest BCUT2D eigenvalue weighted by Gasteiger charge is -2.06. The Morgan fingerprint density at radius 3 is 3.00 bits per heavy atom. The highest BCUT2D eigenvalue weighted by molar-refractivity contribution is 14.1. The van der Waals surface area contributed by atoms with Gasteiger partial charge in [0.1, 0.15) is 17.4 Å². The fourth-order valence-electron chi connectivity index (χ4n) is 1.99. The van der Waals surface area contributed by atoms with Crippen LogP contribution < -0.4 is 10.4 Å². The van der Waals surface area contributed by atoms with E-state index >= 15 is 0 Å². The van der Waals surface area contributed by atoms with Crippen LogP contribution in [0.2, 0.25) is 0 Å². The molecule has 2 heterocycles. The number of fused-ring (bicyclic) bond motifs is 3. The number of alkyl halides is 1. The fraction of sp³-hybridized carbons (Fsp3) is 0.250. The Kier molecular flexibility index (Phi) is 2.38. The van der Waals surface area contributed by atoms with Gasteiger partial charge < -0.3 is 9.15 Å². The standard InChI is InChI=1S/C12H9IO3/c13-6-7-5-9-11(15-7)8-3-1-2-4-10(8)16-12(9)14/h1-4,7H,5-6H2. The third kappa shape index (κ3) is 1.43. The lowest BCUT2D eigenvalue weighted by Crippen LogP contribution is -2.14. The highest BCUT2D eigenvalue weighted by Gasteiger charge is 2.27. The molecule has 1 aromatic heterocycles. The minimum atomic E-state index is -0.263. The van der Waals surface area contributed by atoms with Gasteiger partial charge in [-0.25, -0.2) is 4.79 Å². The number of hydrogen-bond acceptors (Lipinski definition) is 3. The Bertz CT molecular complexity index is 603. The molecular weight excluding hydrogens is 319 g/mol. The predicted octanol–water partition coefficient (Wildman–Crippen LogP) is 2.53. The second-order valence-corrected chi connectivity index (χ2v) is 4.67. The van der Waals surface area contributed by atoms with E-state index in [0.717, 1.165) is 9.81 Å². The van der Waals surface area contributed by atoms with E-state index in [0.29, 0.717) is 23.3 Å². The predicted molar refractivity (Wildman–Crippen MR) is 69.5 cm³/mol. The van der Waals surface area contributed by atoms with E-state index in [2.05, 4.69) is 22.6 Å². The van der Waals surface area contributed by atoms with E-state index in [1.54, 1.807) is 6.07 Å². The third-order valence-electron chi connectivity index (χ3n) is 2.74. The molecule has 0 saturated heterocycles. The van der Waals surface area contributed by atoms with E-state index in [9.17, 15) is 4.79 Å². The maximum absolute atomic E-state index is 11.7. The van der Waals surface area contributed by atoms with Crippen LogP contribution in [0.15, 0.2) is 33.5 Å². The monoisotopic (exact) mass is 328 g/mol. The number of para-hydroxylation sites is 1. The van der Waals surface area contributed by atoms with Gasteiger partial charge in [-0.2, -0.15) is 0 Å². The molecular formula is C12H9IO3. The zero-order valence-electron chi connectivity index (χ0n) is 8.40. The van der Waals surface area contributed by atoms with Crippen molar-refractivity contribution in [1.29, 1.82) is 0 Å². The van der Waals surface area contributed by atoms with Crippen LogP contribution in [0.25, 0.3) is 11.0 Å². The molecule has 1 unspecified atom stereocenters. The summed E-state index contributed by atoms with van der Waals surface area (Å²) in [6.45, 7) is 0. The van der Waals surface area contributed by atoms with Gasteiger partial charge in [0.25, 0.3) is 0 Å². The molecule has 4 heteroatoms. The quantitative estimate of drug-likeness (QED) is 0.459. The first-order valence-corrected chi connectivity index (χ1v) is 6.59. The van der Waals surface area contributed by atoms with Gasteiger partial charge in [0, 0.05) is 10.8 Å². The normalized spacial score (nSPS) is 18.4. The molecule has 1 aromatic carbocycles. The molecule has 1 atom stereocenters. The molecule has 0 spiro atoms. The molecule has 0 N–H and O–H groups in total. The first-order chi connectivity index (χ1) is 7.79. The van der Waals surface area contributed by atoms with Crippen LogP contribution in [0.3, 0.4) is 0 Å². The van der Waals surface area contributed by atoms with Crippen LogP contribution >= 0.6 is 22.6 Å². The number of hydrogen-bond donors (Lipinski definition) is 0. The van der Waals surface area contributed by atoms with Crippen molar-refractivity contribution in [3.8, 4) is 5.75 Å². The van der Waals surface area contributed by atoms with Crippen molar-refractivity contribution in [2.24, 2.45) is 0 Å². The Morgan fingerprint density at radius 2 is 2.19 bits per heavy atom. The fourth-order valence-corrected chi connectivity index (χ4v) is 2.48. The van der Waals surface area contributed by atoms with Gasteiger partial charge in [0.2, 0.25) is 0 Å². The maximum Gasteiger partial charge on any atom is 0.343 e. The molecule has 16 heavy (non-hydrogen) atoms. The molecule has 0 aliphatic carbocycles. The van der Waals surface area contributed by atoms with Crippen LogP contribution in [-0.2, 0) is 6.42 Å². The first-order valence-electron chi connectivity index (χ1n) is 5.07. The van der Waals surface area contributed by atoms with Crippen LogP contribution in [0.1, 0.15) is 5.56 Å². The molecule has 1 aliphatic rings. The van der Waals surface area contributed by atoms with Gasteiger partial charge in [0.05, 0.1) is 10.9 Å². The van der Waals surface area contributed by atoms with E-state index in [1.165, 1.54) is 0 Å². The summed E-state index contributed by atoms with van der Waals surface area (Å²) in [6, 6.07) is 7.48. The van der Waals surface area contributed by atoms with Gasteiger partial charge in [-0.3, -0.25) is 0 Å². The SMILES string of the molecule is O=c1oc2ccccc2c2c1CC(CI)O2. The topological polar surface area (TPSA) is 39.4 Å². The van der Waals surface area contributed by atoms with Crippen LogP contribution in [0, 0.1) is 0 Å². The summed E-state index contributed by atoms with van der Waals surface area (Å²) >= 11 is 2.27. The highest BCUT2D eigenvalue weighted by Crippen LogP contribution is 2.34.